The van der Waals surface area contributed by atoms with E-state index >= 15 is 0 Å². The van der Waals surface area contributed by atoms with Crippen LogP contribution in [-0.2, 0) is 6.61 Å². The van der Waals surface area contributed by atoms with E-state index in [4.69, 9.17) is 19.9 Å². The number of hydrogen-bond donors (Lipinski definition) is 1. The largest absolute Gasteiger partial charge is 0.497 e. The molecule has 1 aliphatic heterocycles. The highest BCUT2D eigenvalue weighted by molar-refractivity contribution is 5.95. The Morgan fingerprint density at radius 1 is 0.931 bits per heavy atom. The van der Waals surface area contributed by atoms with Gasteiger partial charge in [-0.1, -0.05) is 18.2 Å². The summed E-state index contributed by atoms with van der Waals surface area (Å²) in [6, 6.07) is 17.2. The molecule has 4 rings (SSSR count). The first-order valence-electron chi connectivity index (χ1n) is 8.87. The Hall–Kier alpha value is -4.16. The molecule has 0 amide bonds. The lowest BCUT2D eigenvalue weighted by atomic mass is 9.83. The third-order valence-electron chi connectivity index (χ3n) is 5.03. The Balaban J connectivity index is 2.14. The average molecular weight is 383 g/mol. The predicted molar refractivity (Wildman–Crippen MR) is 109 cm³/mol. The van der Waals surface area contributed by atoms with Crippen molar-refractivity contribution in [3.63, 3.8) is 0 Å². The molecule has 0 aromatic heterocycles. The SMILES string of the molecule is COc1cc(OC)cc(-c2c(C#N)c(N)c(C#N)c3c2COc2ccccc2-3)c1. The Morgan fingerprint density at radius 3 is 2.17 bits per heavy atom. The number of ether oxygens (including phenoxy) is 3. The topological polar surface area (TPSA) is 101 Å². The third kappa shape index (κ3) is 2.79. The van der Waals surface area contributed by atoms with Crippen LogP contribution in [-0.4, -0.2) is 14.2 Å². The zero-order chi connectivity index (χ0) is 20.5. The molecule has 142 valence electrons. The van der Waals surface area contributed by atoms with Gasteiger partial charge in [-0.25, -0.2) is 0 Å². The molecule has 1 heterocycles. The van der Waals surface area contributed by atoms with Gasteiger partial charge in [-0.05, 0) is 23.8 Å². The normalized spacial score (nSPS) is 11.3. The second-order valence-electron chi connectivity index (χ2n) is 6.50. The van der Waals surface area contributed by atoms with Gasteiger partial charge in [0.1, 0.15) is 36.0 Å². The summed E-state index contributed by atoms with van der Waals surface area (Å²) in [6.07, 6.45) is 0. The first kappa shape index (κ1) is 18.2. The molecular weight excluding hydrogens is 366 g/mol. The predicted octanol–water partition coefficient (Wildman–Crippen LogP) is 4.26. The van der Waals surface area contributed by atoms with Crippen molar-refractivity contribution in [1.29, 1.82) is 10.5 Å². The lowest BCUT2D eigenvalue weighted by molar-refractivity contribution is 0.303. The van der Waals surface area contributed by atoms with E-state index in [1.54, 1.807) is 20.3 Å². The van der Waals surface area contributed by atoms with Gasteiger partial charge in [0.2, 0.25) is 0 Å². The molecule has 6 nitrogen and oxygen atoms in total. The van der Waals surface area contributed by atoms with Crippen LogP contribution < -0.4 is 19.9 Å². The van der Waals surface area contributed by atoms with Crippen molar-refractivity contribution in [3.05, 3.63) is 59.2 Å². The van der Waals surface area contributed by atoms with Crippen LogP contribution in [0.1, 0.15) is 16.7 Å². The highest BCUT2D eigenvalue weighted by atomic mass is 16.5. The first-order chi connectivity index (χ1) is 14.1. The summed E-state index contributed by atoms with van der Waals surface area (Å²) < 4.78 is 16.7. The maximum absolute atomic E-state index is 9.89. The number of para-hydroxylation sites is 1. The Kier molecular flexibility index (Phi) is 4.46. The number of benzene rings is 3. The fraction of sp³-hybridized carbons (Fsp3) is 0.130. The highest BCUT2D eigenvalue weighted by Crippen LogP contribution is 2.48. The number of hydrogen-bond acceptors (Lipinski definition) is 6. The molecule has 29 heavy (non-hydrogen) atoms. The van der Waals surface area contributed by atoms with E-state index in [2.05, 4.69) is 12.1 Å². The maximum Gasteiger partial charge on any atom is 0.127 e. The second kappa shape index (κ2) is 7.10. The lowest BCUT2D eigenvalue weighted by Crippen LogP contribution is -2.12. The number of nitriles is 2. The van der Waals surface area contributed by atoms with Gasteiger partial charge in [0, 0.05) is 28.3 Å². The van der Waals surface area contributed by atoms with Gasteiger partial charge < -0.3 is 19.9 Å². The van der Waals surface area contributed by atoms with Crippen LogP contribution in [0.2, 0.25) is 0 Å². The Morgan fingerprint density at radius 2 is 1.55 bits per heavy atom. The van der Waals surface area contributed by atoms with Crippen molar-refractivity contribution in [1.82, 2.24) is 0 Å². The first-order valence-corrected chi connectivity index (χ1v) is 8.87. The number of rotatable bonds is 3. The van der Waals surface area contributed by atoms with Crippen LogP contribution in [0.3, 0.4) is 0 Å². The highest BCUT2D eigenvalue weighted by Gasteiger charge is 2.29. The fourth-order valence-electron chi connectivity index (χ4n) is 3.71. The molecule has 0 atom stereocenters. The monoisotopic (exact) mass is 383 g/mol. The van der Waals surface area contributed by atoms with Crippen LogP contribution in [0, 0.1) is 22.7 Å². The second-order valence-corrected chi connectivity index (χ2v) is 6.50. The summed E-state index contributed by atoms with van der Waals surface area (Å²) in [5, 5.41) is 19.7. The van der Waals surface area contributed by atoms with E-state index in [0.717, 1.165) is 11.1 Å². The summed E-state index contributed by atoms with van der Waals surface area (Å²) in [6.45, 7) is 0.213. The number of nitrogen functional groups attached to an aromatic ring is 1. The standard InChI is InChI=1S/C23H17N3O3/c1-27-14-7-13(8-15(9-14)28-2)21-17(10-24)23(26)18(11-25)22-16-5-3-4-6-20(16)29-12-19(21)22/h3-9H,12,26H2,1-2H3. The van der Waals surface area contributed by atoms with Crippen molar-refractivity contribution in [2.24, 2.45) is 0 Å². The number of nitrogens with zero attached hydrogens (tertiary/aromatic N) is 2. The molecule has 0 radical (unpaired) electrons. The Labute approximate surface area is 168 Å². The number of methoxy groups -OCH3 is 2. The molecule has 3 aromatic rings. The van der Waals surface area contributed by atoms with E-state index in [1.165, 1.54) is 0 Å². The lowest BCUT2D eigenvalue weighted by Gasteiger charge is -2.26. The molecule has 1 aliphatic rings. The maximum atomic E-state index is 9.89. The minimum absolute atomic E-state index is 0.155. The van der Waals surface area contributed by atoms with E-state index in [9.17, 15) is 10.5 Å². The van der Waals surface area contributed by atoms with Gasteiger partial charge in [0.05, 0.1) is 31.0 Å². The van der Waals surface area contributed by atoms with E-state index in [-0.39, 0.29) is 23.4 Å². The van der Waals surface area contributed by atoms with E-state index in [1.807, 2.05) is 36.4 Å². The smallest absolute Gasteiger partial charge is 0.127 e. The van der Waals surface area contributed by atoms with Crippen molar-refractivity contribution in [3.8, 4) is 51.6 Å². The van der Waals surface area contributed by atoms with Crippen LogP contribution in [0.15, 0.2) is 42.5 Å². The summed E-state index contributed by atoms with van der Waals surface area (Å²) in [7, 11) is 3.12. The molecule has 6 heteroatoms. The minimum atomic E-state index is 0.155. The molecule has 0 aliphatic carbocycles. The summed E-state index contributed by atoms with van der Waals surface area (Å²) in [4.78, 5) is 0. The molecule has 2 N–H and O–H groups in total. The van der Waals surface area contributed by atoms with Gasteiger partial charge >= 0.3 is 0 Å². The van der Waals surface area contributed by atoms with Crippen molar-refractivity contribution >= 4 is 5.69 Å². The van der Waals surface area contributed by atoms with Crippen molar-refractivity contribution in [2.75, 3.05) is 20.0 Å². The molecule has 0 unspecified atom stereocenters. The van der Waals surface area contributed by atoms with Crippen LogP contribution in [0.4, 0.5) is 5.69 Å². The van der Waals surface area contributed by atoms with Gasteiger partial charge in [-0.2, -0.15) is 10.5 Å². The van der Waals surface area contributed by atoms with Crippen LogP contribution >= 0.6 is 0 Å². The zero-order valence-corrected chi connectivity index (χ0v) is 15.9. The van der Waals surface area contributed by atoms with Gasteiger partial charge in [-0.3, -0.25) is 0 Å². The Bertz CT molecular complexity index is 1200. The quantitative estimate of drug-likeness (QED) is 0.678. The summed E-state index contributed by atoms with van der Waals surface area (Å²) in [5.41, 5.74) is 10.5. The molecule has 0 saturated carbocycles. The zero-order valence-electron chi connectivity index (χ0n) is 15.9. The average Bonchev–Trinajstić information content (AvgIpc) is 2.77. The van der Waals surface area contributed by atoms with Crippen molar-refractivity contribution in [2.45, 2.75) is 6.61 Å². The molecule has 3 aromatic carbocycles. The van der Waals surface area contributed by atoms with Crippen LogP contribution in [0.5, 0.6) is 17.2 Å². The number of fused-ring (bicyclic) bond motifs is 3. The molecule has 0 saturated heterocycles. The van der Waals surface area contributed by atoms with Crippen LogP contribution in [0.25, 0.3) is 22.3 Å². The van der Waals surface area contributed by atoms with Crippen molar-refractivity contribution < 1.29 is 14.2 Å². The number of nitrogens with two attached hydrogens (primary N) is 1. The molecular formula is C23H17N3O3. The molecule has 0 spiro atoms. The van der Waals surface area contributed by atoms with Gasteiger partial charge in [0.15, 0.2) is 0 Å². The van der Waals surface area contributed by atoms with Gasteiger partial charge in [-0.15, -0.1) is 0 Å². The third-order valence-corrected chi connectivity index (χ3v) is 5.03. The van der Waals surface area contributed by atoms with E-state index < -0.39 is 0 Å². The molecule has 0 fully saturated rings. The minimum Gasteiger partial charge on any atom is -0.497 e. The summed E-state index contributed by atoms with van der Waals surface area (Å²) in [5.74, 6) is 1.84. The summed E-state index contributed by atoms with van der Waals surface area (Å²) >= 11 is 0. The van der Waals surface area contributed by atoms with E-state index in [0.29, 0.717) is 33.9 Å². The van der Waals surface area contributed by atoms with Gasteiger partial charge in [0.25, 0.3) is 0 Å². The fourth-order valence-corrected chi connectivity index (χ4v) is 3.71. The number of anilines is 1. The molecule has 0 bridgehead atoms.